The van der Waals surface area contributed by atoms with Crippen molar-refractivity contribution in [3.8, 4) is 5.75 Å². The molecule has 0 saturated carbocycles. The molecular formula is C14H14ClNO. The summed E-state index contributed by atoms with van der Waals surface area (Å²) in [4.78, 5) is 0. The van der Waals surface area contributed by atoms with Crippen LogP contribution in [0.2, 0.25) is 5.02 Å². The topological polar surface area (TPSA) is 35.2 Å². The summed E-state index contributed by atoms with van der Waals surface area (Å²) in [6, 6.07) is 17.3. The summed E-state index contributed by atoms with van der Waals surface area (Å²) in [5, 5.41) is 0.599. The highest BCUT2D eigenvalue weighted by molar-refractivity contribution is 6.32. The molecule has 2 aromatic carbocycles. The van der Waals surface area contributed by atoms with Gasteiger partial charge >= 0.3 is 0 Å². The van der Waals surface area contributed by atoms with Crippen LogP contribution in [0.15, 0.2) is 54.6 Å². The molecule has 0 aliphatic heterocycles. The highest BCUT2D eigenvalue weighted by Crippen LogP contribution is 2.28. The number of hydrogen-bond donors (Lipinski definition) is 1. The van der Waals surface area contributed by atoms with Crippen molar-refractivity contribution in [2.45, 2.75) is 6.10 Å². The minimum absolute atomic E-state index is 0.170. The first-order valence-corrected chi connectivity index (χ1v) is 5.85. The average Bonchev–Trinajstić information content (AvgIpc) is 2.39. The van der Waals surface area contributed by atoms with Gasteiger partial charge in [-0.15, -0.1) is 0 Å². The van der Waals surface area contributed by atoms with Gasteiger partial charge in [0.2, 0.25) is 0 Å². The molecule has 3 heteroatoms. The van der Waals surface area contributed by atoms with Crippen molar-refractivity contribution in [2.24, 2.45) is 5.73 Å². The monoisotopic (exact) mass is 247 g/mol. The Morgan fingerprint density at radius 3 is 2.29 bits per heavy atom. The van der Waals surface area contributed by atoms with Crippen LogP contribution in [-0.4, -0.2) is 6.54 Å². The van der Waals surface area contributed by atoms with E-state index < -0.39 is 0 Å². The SMILES string of the molecule is NCC(Oc1ccccc1Cl)c1ccccc1. The van der Waals surface area contributed by atoms with Crippen LogP contribution in [0.5, 0.6) is 5.75 Å². The van der Waals surface area contributed by atoms with Crippen molar-refractivity contribution in [1.82, 2.24) is 0 Å². The van der Waals surface area contributed by atoms with Crippen molar-refractivity contribution in [3.05, 3.63) is 65.2 Å². The number of nitrogens with two attached hydrogens (primary N) is 1. The minimum Gasteiger partial charge on any atom is -0.483 e. The number of halogens is 1. The molecule has 2 N–H and O–H groups in total. The number of ether oxygens (including phenoxy) is 1. The van der Waals surface area contributed by atoms with E-state index in [0.717, 1.165) is 5.56 Å². The Kier molecular flexibility index (Phi) is 4.02. The van der Waals surface area contributed by atoms with Gasteiger partial charge in [0.1, 0.15) is 11.9 Å². The molecule has 0 saturated heterocycles. The van der Waals surface area contributed by atoms with Gasteiger partial charge in [-0.1, -0.05) is 54.1 Å². The van der Waals surface area contributed by atoms with Crippen LogP contribution in [0.1, 0.15) is 11.7 Å². The lowest BCUT2D eigenvalue weighted by Crippen LogP contribution is -2.18. The zero-order valence-corrected chi connectivity index (χ0v) is 10.1. The van der Waals surface area contributed by atoms with Gasteiger partial charge in [-0.05, 0) is 17.7 Å². The normalized spacial score (nSPS) is 12.1. The Morgan fingerprint density at radius 1 is 1.00 bits per heavy atom. The predicted molar refractivity (Wildman–Crippen MR) is 70.3 cm³/mol. The van der Waals surface area contributed by atoms with E-state index in [1.807, 2.05) is 48.5 Å². The lowest BCUT2D eigenvalue weighted by molar-refractivity contribution is 0.214. The maximum atomic E-state index is 6.05. The fourth-order valence-electron chi connectivity index (χ4n) is 1.61. The summed E-state index contributed by atoms with van der Waals surface area (Å²) in [6.45, 7) is 0.412. The molecule has 1 atom stereocenters. The van der Waals surface area contributed by atoms with Gasteiger partial charge < -0.3 is 10.5 Å². The van der Waals surface area contributed by atoms with Crippen molar-refractivity contribution >= 4 is 11.6 Å². The summed E-state index contributed by atoms with van der Waals surface area (Å²) in [7, 11) is 0. The smallest absolute Gasteiger partial charge is 0.138 e. The summed E-state index contributed by atoms with van der Waals surface area (Å²) >= 11 is 6.05. The van der Waals surface area contributed by atoms with Crippen LogP contribution in [0, 0.1) is 0 Å². The first-order chi connectivity index (χ1) is 8.31. The van der Waals surface area contributed by atoms with E-state index in [9.17, 15) is 0 Å². The molecule has 2 nitrogen and oxygen atoms in total. The Hall–Kier alpha value is -1.51. The zero-order valence-electron chi connectivity index (χ0n) is 9.34. The van der Waals surface area contributed by atoms with E-state index in [4.69, 9.17) is 22.1 Å². The molecule has 0 heterocycles. The number of para-hydroxylation sites is 1. The van der Waals surface area contributed by atoms with Crippen LogP contribution in [0.4, 0.5) is 0 Å². The molecule has 0 bridgehead atoms. The molecule has 0 aliphatic carbocycles. The van der Waals surface area contributed by atoms with Gasteiger partial charge in [-0.25, -0.2) is 0 Å². The Balaban J connectivity index is 2.19. The van der Waals surface area contributed by atoms with Gasteiger partial charge in [0.15, 0.2) is 0 Å². The van der Waals surface area contributed by atoms with Crippen LogP contribution in [-0.2, 0) is 0 Å². The second kappa shape index (κ2) is 5.71. The highest BCUT2D eigenvalue weighted by atomic mass is 35.5. The van der Waals surface area contributed by atoms with E-state index in [1.54, 1.807) is 6.07 Å². The van der Waals surface area contributed by atoms with Crippen LogP contribution < -0.4 is 10.5 Å². The molecule has 17 heavy (non-hydrogen) atoms. The fraction of sp³-hybridized carbons (Fsp3) is 0.143. The maximum Gasteiger partial charge on any atom is 0.138 e. The second-order valence-electron chi connectivity index (χ2n) is 3.68. The van der Waals surface area contributed by atoms with Crippen LogP contribution >= 0.6 is 11.6 Å². The second-order valence-corrected chi connectivity index (χ2v) is 4.09. The third kappa shape index (κ3) is 2.99. The van der Waals surface area contributed by atoms with Crippen molar-refractivity contribution < 1.29 is 4.74 Å². The van der Waals surface area contributed by atoms with Gasteiger partial charge in [-0.3, -0.25) is 0 Å². The molecule has 0 aromatic heterocycles. The molecule has 0 radical (unpaired) electrons. The van der Waals surface area contributed by atoms with Gasteiger partial charge in [0, 0.05) is 6.54 Å². The summed E-state index contributed by atoms with van der Waals surface area (Å²) in [6.07, 6.45) is -0.170. The van der Waals surface area contributed by atoms with E-state index in [0.29, 0.717) is 17.3 Å². The number of hydrogen-bond acceptors (Lipinski definition) is 2. The van der Waals surface area contributed by atoms with Gasteiger partial charge in [0.25, 0.3) is 0 Å². The summed E-state index contributed by atoms with van der Waals surface area (Å²) in [5.41, 5.74) is 6.79. The zero-order chi connectivity index (χ0) is 12.1. The largest absolute Gasteiger partial charge is 0.483 e. The van der Waals surface area contributed by atoms with Crippen molar-refractivity contribution in [3.63, 3.8) is 0 Å². The third-order valence-electron chi connectivity index (χ3n) is 2.49. The lowest BCUT2D eigenvalue weighted by Gasteiger charge is -2.18. The molecule has 1 unspecified atom stereocenters. The molecule has 0 amide bonds. The highest BCUT2D eigenvalue weighted by Gasteiger charge is 2.12. The van der Waals surface area contributed by atoms with Crippen LogP contribution in [0.25, 0.3) is 0 Å². The molecular weight excluding hydrogens is 234 g/mol. The lowest BCUT2D eigenvalue weighted by atomic mass is 10.1. The van der Waals surface area contributed by atoms with Gasteiger partial charge in [-0.2, -0.15) is 0 Å². The first kappa shape index (κ1) is 12.0. The standard InChI is InChI=1S/C14H14ClNO/c15-12-8-4-5-9-13(12)17-14(10-16)11-6-2-1-3-7-11/h1-9,14H,10,16H2. The van der Waals surface area contributed by atoms with Crippen molar-refractivity contribution in [1.29, 1.82) is 0 Å². The Morgan fingerprint density at radius 2 is 1.65 bits per heavy atom. The molecule has 0 aliphatic rings. The quantitative estimate of drug-likeness (QED) is 0.899. The Labute approximate surface area is 106 Å². The fourth-order valence-corrected chi connectivity index (χ4v) is 1.79. The molecule has 0 spiro atoms. The first-order valence-electron chi connectivity index (χ1n) is 5.47. The Bertz CT molecular complexity index is 473. The number of benzene rings is 2. The van der Waals surface area contributed by atoms with Crippen LogP contribution in [0.3, 0.4) is 0 Å². The maximum absolute atomic E-state index is 6.05. The van der Waals surface area contributed by atoms with E-state index >= 15 is 0 Å². The molecule has 88 valence electrons. The summed E-state index contributed by atoms with van der Waals surface area (Å²) in [5.74, 6) is 0.661. The van der Waals surface area contributed by atoms with Gasteiger partial charge in [0.05, 0.1) is 5.02 Å². The van der Waals surface area contributed by atoms with E-state index in [1.165, 1.54) is 0 Å². The molecule has 2 aromatic rings. The predicted octanol–water partition coefficient (Wildman–Crippen LogP) is 3.42. The number of rotatable bonds is 4. The minimum atomic E-state index is -0.170. The molecule has 0 fully saturated rings. The third-order valence-corrected chi connectivity index (χ3v) is 2.80. The molecule has 2 rings (SSSR count). The van der Waals surface area contributed by atoms with Crippen molar-refractivity contribution in [2.75, 3.05) is 6.54 Å². The summed E-state index contributed by atoms with van der Waals surface area (Å²) < 4.78 is 5.82. The van der Waals surface area contributed by atoms with E-state index in [-0.39, 0.29) is 6.10 Å². The average molecular weight is 248 g/mol. The van der Waals surface area contributed by atoms with E-state index in [2.05, 4.69) is 0 Å².